The number of hydrogen-bond acceptors (Lipinski definition) is 5. The van der Waals surface area contributed by atoms with Crippen molar-refractivity contribution in [3.63, 3.8) is 0 Å². The summed E-state index contributed by atoms with van der Waals surface area (Å²) in [6.07, 6.45) is 0.798. The number of hydrogen-bond donors (Lipinski definition) is 1. The number of nitrogen functional groups attached to an aromatic ring is 1. The molecular formula is C21H22N4O3. The lowest BCUT2D eigenvalue weighted by atomic mass is 10.1. The molecule has 3 aromatic rings. The van der Waals surface area contributed by atoms with E-state index < -0.39 is 11.6 Å². The quantitative estimate of drug-likeness (QED) is 0.756. The van der Waals surface area contributed by atoms with Crippen LogP contribution < -0.4 is 16.2 Å². The summed E-state index contributed by atoms with van der Waals surface area (Å²) in [4.78, 5) is 27.5. The van der Waals surface area contributed by atoms with Crippen LogP contribution in [0.4, 0.5) is 11.4 Å². The highest BCUT2D eigenvalue weighted by molar-refractivity contribution is 5.97. The number of amides is 1. The van der Waals surface area contributed by atoms with E-state index in [1.807, 2.05) is 44.2 Å². The fourth-order valence-corrected chi connectivity index (χ4v) is 3.71. The van der Waals surface area contributed by atoms with Crippen molar-refractivity contribution in [1.82, 2.24) is 9.78 Å². The van der Waals surface area contributed by atoms with E-state index >= 15 is 0 Å². The van der Waals surface area contributed by atoms with Gasteiger partial charge in [0.2, 0.25) is 0 Å². The average Bonchev–Trinajstić information content (AvgIpc) is 3.25. The van der Waals surface area contributed by atoms with Crippen molar-refractivity contribution in [2.45, 2.75) is 33.2 Å². The molecule has 0 spiro atoms. The van der Waals surface area contributed by atoms with Crippen molar-refractivity contribution in [1.29, 1.82) is 0 Å². The molecule has 0 bridgehead atoms. The number of furan rings is 1. The number of nitrogens with zero attached hydrogens (tertiary/aromatic N) is 3. The number of aryl methyl sites for hydroxylation is 2. The molecule has 1 aliphatic rings. The van der Waals surface area contributed by atoms with E-state index in [4.69, 9.17) is 10.2 Å². The lowest BCUT2D eigenvalue weighted by molar-refractivity contribution is -0.121. The van der Waals surface area contributed by atoms with Gasteiger partial charge in [0.15, 0.2) is 0 Å². The third kappa shape index (κ3) is 2.89. The SMILES string of the molecule is Cc1cc(-c2cc(N)c(=O)n([C@@H](C)C(=O)N3CCc4ccccc43)n2)c(C)o1. The molecule has 0 saturated carbocycles. The predicted molar refractivity (Wildman–Crippen MR) is 107 cm³/mol. The normalized spacial score (nSPS) is 14.2. The second-order valence-corrected chi connectivity index (χ2v) is 7.11. The van der Waals surface area contributed by atoms with Crippen LogP contribution in [0.3, 0.4) is 0 Å². The molecule has 7 nitrogen and oxygen atoms in total. The molecule has 0 radical (unpaired) electrons. The van der Waals surface area contributed by atoms with Crippen molar-refractivity contribution >= 4 is 17.3 Å². The largest absolute Gasteiger partial charge is 0.466 e. The smallest absolute Gasteiger partial charge is 0.290 e. The van der Waals surface area contributed by atoms with Gasteiger partial charge in [-0.3, -0.25) is 9.59 Å². The third-order valence-electron chi connectivity index (χ3n) is 5.16. The summed E-state index contributed by atoms with van der Waals surface area (Å²) in [7, 11) is 0. The van der Waals surface area contributed by atoms with E-state index in [1.165, 1.54) is 10.7 Å². The molecule has 1 amide bonds. The highest BCUT2D eigenvalue weighted by atomic mass is 16.3. The van der Waals surface area contributed by atoms with E-state index in [-0.39, 0.29) is 11.6 Å². The standard InChI is InChI=1S/C21H22N4O3/c1-12-10-16(14(3)28-12)18-11-17(22)21(27)25(23-18)13(2)20(26)24-9-8-15-6-4-5-7-19(15)24/h4-7,10-11,13H,8-9,22H2,1-3H3/t13-/m0/s1. The molecule has 2 aromatic heterocycles. The minimum Gasteiger partial charge on any atom is -0.466 e. The minimum absolute atomic E-state index is 0.0460. The molecule has 144 valence electrons. The van der Waals surface area contributed by atoms with E-state index in [0.29, 0.717) is 18.0 Å². The number of aromatic nitrogens is 2. The Bertz CT molecular complexity index is 1130. The maximum atomic E-state index is 13.2. The Kier molecular flexibility index (Phi) is 4.30. The van der Waals surface area contributed by atoms with Crippen LogP contribution in [0.1, 0.15) is 30.0 Å². The van der Waals surface area contributed by atoms with Crippen LogP contribution in [0, 0.1) is 13.8 Å². The van der Waals surface area contributed by atoms with Gasteiger partial charge >= 0.3 is 0 Å². The molecule has 0 unspecified atom stereocenters. The van der Waals surface area contributed by atoms with Crippen molar-refractivity contribution in [2.24, 2.45) is 0 Å². The Hall–Kier alpha value is -3.35. The summed E-state index contributed by atoms with van der Waals surface area (Å²) < 4.78 is 6.74. The lowest BCUT2D eigenvalue weighted by Crippen LogP contribution is -2.40. The molecule has 4 rings (SSSR count). The minimum atomic E-state index is -0.783. The average molecular weight is 378 g/mol. The van der Waals surface area contributed by atoms with E-state index in [0.717, 1.165) is 29.0 Å². The monoisotopic (exact) mass is 378 g/mol. The van der Waals surface area contributed by atoms with Gasteiger partial charge in [-0.1, -0.05) is 18.2 Å². The van der Waals surface area contributed by atoms with Crippen LogP contribution in [-0.2, 0) is 11.2 Å². The topological polar surface area (TPSA) is 94.4 Å². The van der Waals surface area contributed by atoms with Crippen molar-refractivity contribution in [3.8, 4) is 11.3 Å². The Morgan fingerprint density at radius 1 is 1.25 bits per heavy atom. The maximum Gasteiger partial charge on any atom is 0.290 e. The van der Waals surface area contributed by atoms with Gasteiger partial charge in [0, 0.05) is 17.8 Å². The first-order valence-electron chi connectivity index (χ1n) is 9.23. The van der Waals surface area contributed by atoms with Gasteiger partial charge in [-0.05, 0) is 51.0 Å². The summed E-state index contributed by atoms with van der Waals surface area (Å²) >= 11 is 0. The number of carbonyl (C=O) groups excluding carboxylic acids is 1. The van der Waals surface area contributed by atoms with E-state index in [2.05, 4.69) is 5.10 Å². The van der Waals surface area contributed by atoms with Gasteiger partial charge in [0.1, 0.15) is 23.2 Å². The second kappa shape index (κ2) is 6.67. The van der Waals surface area contributed by atoms with Crippen molar-refractivity contribution in [2.75, 3.05) is 17.2 Å². The number of anilines is 2. The summed E-state index contributed by atoms with van der Waals surface area (Å²) in [5.41, 5.74) is 8.80. The van der Waals surface area contributed by atoms with Gasteiger partial charge in [-0.2, -0.15) is 5.10 Å². The Labute approximate surface area is 162 Å². The van der Waals surface area contributed by atoms with E-state index in [1.54, 1.807) is 11.8 Å². The van der Waals surface area contributed by atoms with Crippen LogP contribution in [0.5, 0.6) is 0 Å². The van der Waals surface area contributed by atoms with Gasteiger partial charge in [-0.15, -0.1) is 0 Å². The Balaban J connectivity index is 1.73. The Morgan fingerprint density at radius 3 is 2.71 bits per heavy atom. The maximum absolute atomic E-state index is 13.2. The van der Waals surface area contributed by atoms with Gasteiger partial charge in [0.05, 0.1) is 5.69 Å². The first kappa shape index (κ1) is 18.0. The number of carbonyl (C=O) groups is 1. The lowest BCUT2D eigenvalue weighted by Gasteiger charge is -2.22. The molecule has 0 aliphatic carbocycles. The number of benzene rings is 1. The summed E-state index contributed by atoms with van der Waals surface area (Å²) in [6, 6.07) is 10.4. The van der Waals surface area contributed by atoms with Crippen LogP contribution >= 0.6 is 0 Å². The molecule has 7 heteroatoms. The van der Waals surface area contributed by atoms with Gasteiger partial charge in [-0.25, -0.2) is 4.68 Å². The van der Waals surface area contributed by atoms with Gasteiger partial charge in [0.25, 0.3) is 11.5 Å². The molecular weight excluding hydrogens is 356 g/mol. The molecule has 3 heterocycles. The number of fused-ring (bicyclic) bond motifs is 1. The first-order chi connectivity index (χ1) is 13.4. The molecule has 2 N–H and O–H groups in total. The fourth-order valence-electron chi connectivity index (χ4n) is 3.71. The van der Waals surface area contributed by atoms with E-state index in [9.17, 15) is 9.59 Å². The highest BCUT2D eigenvalue weighted by Gasteiger charge is 2.30. The third-order valence-corrected chi connectivity index (χ3v) is 5.16. The van der Waals surface area contributed by atoms with Crippen molar-refractivity contribution < 1.29 is 9.21 Å². The summed E-state index contributed by atoms with van der Waals surface area (Å²) in [5.74, 6) is 1.24. The number of nitrogens with two attached hydrogens (primary N) is 1. The summed E-state index contributed by atoms with van der Waals surface area (Å²) in [6.45, 7) is 5.93. The number of rotatable bonds is 3. The molecule has 28 heavy (non-hydrogen) atoms. The molecule has 1 aromatic carbocycles. The fraction of sp³-hybridized carbons (Fsp3) is 0.286. The molecule has 0 saturated heterocycles. The van der Waals surface area contributed by atoms with Crippen molar-refractivity contribution in [3.05, 3.63) is 63.8 Å². The zero-order chi connectivity index (χ0) is 20.0. The molecule has 1 atom stereocenters. The Morgan fingerprint density at radius 2 is 2.00 bits per heavy atom. The second-order valence-electron chi connectivity index (χ2n) is 7.11. The zero-order valence-electron chi connectivity index (χ0n) is 16.1. The molecule has 1 aliphatic heterocycles. The highest BCUT2D eigenvalue weighted by Crippen LogP contribution is 2.30. The van der Waals surface area contributed by atoms with Crippen LogP contribution in [0.2, 0.25) is 0 Å². The zero-order valence-corrected chi connectivity index (χ0v) is 16.1. The molecule has 0 fully saturated rings. The van der Waals surface area contributed by atoms with Crippen LogP contribution in [0.25, 0.3) is 11.3 Å². The first-order valence-corrected chi connectivity index (χ1v) is 9.23. The summed E-state index contributed by atoms with van der Waals surface area (Å²) in [5, 5.41) is 4.44. The number of para-hydroxylation sites is 1. The van der Waals surface area contributed by atoms with Gasteiger partial charge < -0.3 is 15.1 Å². The predicted octanol–water partition coefficient (Wildman–Crippen LogP) is 2.85. The van der Waals surface area contributed by atoms with Crippen LogP contribution in [-0.4, -0.2) is 22.2 Å². The van der Waals surface area contributed by atoms with Crippen LogP contribution in [0.15, 0.2) is 45.6 Å².